The van der Waals surface area contributed by atoms with E-state index < -0.39 is 0 Å². The summed E-state index contributed by atoms with van der Waals surface area (Å²) >= 11 is 5.00. The number of H-pyrrole nitrogens is 1. The van der Waals surface area contributed by atoms with Crippen molar-refractivity contribution < 1.29 is 9.21 Å². The molecule has 1 aromatic heterocycles. The average molecular weight is 369 g/mol. The van der Waals surface area contributed by atoms with E-state index in [9.17, 15) is 4.79 Å². The maximum atomic E-state index is 12.5. The van der Waals surface area contributed by atoms with E-state index in [0.29, 0.717) is 17.0 Å². The molecule has 0 fully saturated rings. The molecule has 0 aliphatic rings. The Hall–Kier alpha value is -2.40. The molecule has 0 spiro atoms. The summed E-state index contributed by atoms with van der Waals surface area (Å²) in [5.41, 5.74) is 4.91. The monoisotopic (exact) mass is 368 g/mol. The second-order valence-corrected chi connectivity index (χ2v) is 8.03. The highest BCUT2D eigenvalue weighted by atomic mass is 32.1. The first-order valence-electron chi connectivity index (χ1n) is 8.74. The van der Waals surface area contributed by atoms with Gasteiger partial charge in [-0.1, -0.05) is 51.1 Å². The first kappa shape index (κ1) is 18.4. The Labute approximate surface area is 158 Å². The van der Waals surface area contributed by atoms with Crippen LogP contribution in [0, 0.1) is 4.84 Å². The molecule has 5 heteroatoms. The van der Waals surface area contributed by atoms with Crippen LogP contribution in [0.15, 0.2) is 46.9 Å². The van der Waals surface area contributed by atoms with Gasteiger partial charge >= 0.3 is 0 Å². The largest absolute Gasteiger partial charge is 0.429 e. The third kappa shape index (κ3) is 4.05. The SMILES string of the molecule is CC(C(=O)NCc1ccc(C(C)(C)C)cc1)c1ccc2[nH]c(=S)oc2c1. The van der Waals surface area contributed by atoms with Crippen molar-refractivity contribution in [1.29, 1.82) is 0 Å². The van der Waals surface area contributed by atoms with E-state index in [0.717, 1.165) is 16.6 Å². The van der Waals surface area contributed by atoms with Crippen LogP contribution in [0.1, 0.15) is 50.3 Å². The number of fused-ring (bicyclic) bond motifs is 1. The Morgan fingerprint density at radius 1 is 1.19 bits per heavy atom. The van der Waals surface area contributed by atoms with Gasteiger partial charge in [0.1, 0.15) is 0 Å². The molecule has 0 aliphatic heterocycles. The molecule has 3 aromatic rings. The molecule has 1 atom stereocenters. The lowest BCUT2D eigenvalue weighted by Crippen LogP contribution is -2.27. The molecule has 0 saturated carbocycles. The van der Waals surface area contributed by atoms with Gasteiger partial charge in [-0.3, -0.25) is 4.79 Å². The van der Waals surface area contributed by atoms with Crippen molar-refractivity contribution in [3.8, 4) is 0 Å². The summed E-state index contributed by atoms with van der Waals surface area (Å²) in [5, 5.41) is 3.01. The van der Waals surface area contributed by atoms with Crippen molar-refractivity contribution >= 4 is 29.2 Å². The van der Waals surface area contributed by atoms with Crippen molar-refractivity contribution in [1.82, 2.24) is 10.3 Å². The van der Waals surface area contributed by atoms with Gasteiger partial charge < -0.3 is 14.7 Å². The summed E-state index contributed by atoms with van der Waals surface area (Å²) < 4.78 is 5.43. The molecule has 1 amide bonds. The predicted octanol–water partition coefficient (Wildman–Crippen LogP) is 5.21. The van der Waals surface area contributed by atoms with Gasteiger partial charge in [-0.15, -0.1) is 0 Å². The first-order chi connectivity index (χ1) is 12.2. The van der Waals surface area contributed by atoms with Gasteiger partial charge in [-0.2, -0.15) is 0 Å². The molecule has 3 rings (SSSR count). The van der Waals surface area contributed by atoms with E-state index in [2.05, 4.69) is 55.3 Å². The number of oxazole rings is 1. The van der Waals surface area contributed by atoms with Gasteiger partial charge in [0.2, 0.25) is 5.91 Å². The summed E-state index contributed by atoms with van der Waals surface area (Å²) in [4.78, 5) is 15.8. The zero-order valence-electron chi connectivity index (χ0n) is 15.6. The molecule has 1 unspecified atom stereocenters. The van der Waals surface area contributed by atoms with Crippen molar-refractivity contribution in [2.75, 3.05) is 0 Å². The number of aromatic nitrogens is 1. The van der Waals surface area contributed by atoms with Crippen LogP contribution < -0.4 is 5.32 Å². The minimum atomic E-state index is -0.271. The Morgan fingerprint density at radius 2 is 1.88 bits per heavy atom. The van der Waals surface area contributed by atoms with Crippen molar-refractivity contribution in [2.24, 2.45) is 0 Å². The number of nitrogens with one attached hydrogen (secondary N) is 2. The fourth-order valence-electron chi connectivity index (χ4n) is 2.85. The fraction of sp³-hybridized carbons (Fsp3) is 0.333. The molecule has 1 heterocycles. The minimum Gasteiger partial charge on any atom is -0.429 e. The number of benzene rings is 2. The summed E-state index contributed by atoms with van der Waals surface area (Å²) in [6, 6.07) is 14.1. The predicted molar refractivity (Wildman–Crippen MR) is 107 cm³/mol. The van der Waals surface area contributed by atoms with Crippen LogP contribution in [0.2, 0.25) is 0 Å². The second-order valence-electron chi connectivity index (χ2n) is 7.66. The van der Waals surface area contributed by atoms with Crippen LogP contribution in [0.4, 0.5) is 0 Å². The molecule has 0 radical (unpaired) electrons. The Morgan fingerprint density at radius 3 is 2.54 bits per heavy atom. The molecule has 2 N–H and O–H groups in total. The van der Waals surface area contributed by atoms with E-state index in [4.69, 9.17) is 16.6 Å². The number of carbonyl (C=O) groups is 1. The average Bonchev–Trinajstić information content (AvgIpc) is 2.97. The van der Waals surface area contributed by atoms with E-state index in [-0.39, 0.29) is 17.2 Å². The van der Waals surface area contributed by atoms with Gasteiger partial charge in [0.05, 0.1) is 11.4 Å². The topological polar surface area (TPSA) is 58.0 Å². The van der Waals surface area contributed by atoms with Gasteiger partial charge in [-0.25, -0.2) is 0 Å². The zero-order chi connectivity index (χ0) is 18.9. The Balaban J connectivity index is 1.65. The zero-order valence-corrected chi connectivity index (χ0v) is 16.4. The van der Waals surface area contributed by atoms with Gasteiger partial charge in [0, 0.05) is 6.54 Å². The smallest absolute Gasteiger partial charge is 0.266 e. The minimum absolute atomic E-state index is 0.0154. The van der Waals surface area contributed by atoms with Crippen LogP contribution >= 0.6 is 12.2 Å². The van der Waals surface area contributed by atoms with Crippen LogP contribution in [-0.2, 0) is 16.8 Å². The van der Waals surface area contributed by atoms with E-state index in [1.165, 1.54) is 5.56 Å². The number of carbonyl (C=O) groups excluding carboxylic acids is 1. The van der Waals surface area contributed by atoms with Crippen molar-refractivity contribution in [3.05, 3.63) is 64.0 Å². The molecular weight excluding hydrogens is 344 g/mol. The highest BCUT2D eigenvalue weighted by Gasteiger charge is 2.17. The molecule has 136 valence electrons. The molecule has 0 saturated heterocycles. The van der Waals surface area contributed by atoms with Gasteiger partial charge in [0.15, 0.2) is 5.58 Å². The summed E-state index contributed by atoms with van der Waals surface area (Å²) in [6.45, 7) is 8.97. The molecule has 4 nitrogen and oxygen atoms in total. The third-order valence-electron chi connectivity index (χ3n) is 4.63. The normalized spacial score (nSPS) is 12.9. The quantitative estimate of drug-likeness (QED) is 0.622. The van der Waals surface area contributed by atoms with Crippen LogP contribution in [-0.4, -0.2) is 10.9 Å². The van der Waals surface area contributed by atoms with Crippen LogP contribution in [0.5, 0.6) is 0 Å². The molecular formula is C21H24N2O2S. The third-order valence-corrected chi connectivity index (χ3v) is 4.81. The first-order valence-corrected chi connectivity index (χ1v) is 9.15. The summed E-state index contributed by atoms with van der Waals surface area (Å²) in [6.07, 6.45) is 0. The Bertz CT molecular complexity index is 978. The molecule has 0 bridgehead atoms. The van der Waals surface area contributed by atoms with E-state index in [1.54, 1.807) is 0 Å². The highest BCUT2D eigenvalue weighted by molar-refractivity contribution is 7.71. The molecule has 0 aliphatic carbocycles. The number of amides is 1. The second kappa shape index (κ2) is 7.08. The van der Waals surface area contributed by atoms with Crippen LogP contribution in [0.3, 0.4) is 0 Å². The molecule has 26 heavy (non-hydrogen) atoms. The van der Waals surface area contributed by atoms with E-state index in [1.807, 2.05) is 25.1 Å². The number of hydrogen-bond acceptors (Lipinski definition) is 3. The van der Waals surface area contributed by atoms with Crippen molar-refractivity contribution in [2.45, 2.75) is 45.6 Å². The maximum Gasteiger partial charge on any atom is 0.266 e. The lowest BCUT2D eigenvalue weighted by Gasteiger charge is -2.19. The summed E-state index contributed by atoms with van der Waals surface area (Å²) in [7, 11) is 0. The highest BCUT2D eigenvalue weighted by Crippen LogP contribution is 2.23. The van der Waals surface area contributed by atoms with E-state index >= 15 is 0 Å². The Kier molecular flexibility index (Phi) is 5.01. The number of aromatic amines is 1. The van der Waals surface area contributed by atoms with Gasteiger partial charge in [-0.05, 0) is 53.4 Å². The number of hydrogen-bond donors (Lipinski definition) is 2. The fourth-order valence-corrected chi connectivity index (χ4v) is 3.05. The summed E-state index contributed by atoms with van der Waals surface area (Å²) in [5.74, 6) is -0.287. The van der Waals surface area contributed by atoms with Crippen molar-refractivity contribution in [3.63, 3.8) is 0 Å². The maximum absolute atomic E-state index is 12.5. The molecule has 2 aromatic carbocycles. The van der Waals surface area contributed by atoms with Crippen LogP contribution in [0.25, 0.3) is 11.1 Å². The van der Waals surface area contributed by atoms with Gasteiger partial charge in [0.25, 0.3) is 4.84 Å². The standard InChI is InChI=1S/C21H24N2O2S/c1-13(15-7-10-17-18(11-15)25-20(26)23-17)19(24)22-12-14-5-8-16(9-6-14)21(2,3)4/h5-11,13H,12H2,1-4H3,(H,22,24)(H,23,26). The number of rotatable bonds is 4. The lowest BCUT2D eigenvalue weighted by atomic mass is 9.87. The lowest BCUT2D eigenvalue weighted by molar-refractivity contribution is -0.122.